The van der Waals surface area contributed by atoms with Crippen molar-refractivity contribution in [2.24, 2.45) is 4.99 Å². The zero-order chi connectivity index (χ0) is 20.4. The lowest BCUT2D eigenvalue weighted by atomic mass is 10.0. The Kier molecular flexibility index (Phi) is 8.35. The van der Waals surface area contributed by atoms with E-state index >= 15 is 0 Å². The number of furan rings is 1. The first-order valence-corrected chi connectivity index (χ1v) is 9.46. The summed E-state index contributed by atoms with van der Waals surface area (Å²) in [5, 5.41) is 17.0. The van der Waals surface area contributed by atoms with Crippen LogP contribution in [0.25, 0.3) is 0 Å². The maximum absolute atomic E-state index is 10.6. The maximum atomic E-state index is 10.6. The van der Waals surface area contributed by atoms with Gasteiger partial charge in [-0.15, -0.1) is 0 Å². The van der Waals surface area contributed by atoms with E-state index in [1.807, 2.05) is 32.0 Å². The predicted molar refractivity (Wildman–Crippen MR) is 110 cm³/mol. The SMILES string of the molecule is CCNC(=NCc1ccc(C)cc1OCCOC)NCC(C)(O)c1ccco1. The van der Waals surface area contributed by atoms with Crippen molar-refractivity contribution in [1.29, 1.82) is 0 Å². The molecule has 154 valence electrons. The molecule has 1 aromatic carbocycles. The van der Waals surface area contributed by atoms with Gasteiger partial charge in [0.25, 0.3) is 0 Å². The highest BCUT2D eigenvalue weighted by molar-refractivity contribution is 5.79. The predicted octanol–water partition coefficient (Wildman–Crippen LogP) is 2.58. The van der Waals surface area contributed by atoms with Gasteiger partial charge in [0.15, 0.2) is 5.96 Å². The molecular weight excluding hydrogens is 358 g/mol. The summed E-state index contributed by atoms with van der Waals surface area (Å²) in [6.45, 7) is 8.15. The molecule has 3 N–H and O–H groups in total. The van der Waals surface area contributed by atoms with Gasteiger partial charge >= 0.3 is 0 Å². The molecule has 1 aromatic heterocycles. The average Bonchev–Trinajstić information content (AvgIpc) is 3.21. The van der Waals surface area contributed by atoms with Crippen molar-refractivity contribution < 1.29 is 19.0 Å². The van der Waals surface area contributed by atoms with Crippen LogP contribution in [0, 0.1) is 6.92 Å². The summed E-state index contributed by atoms with van der Waals surface area (Å²) in [6, 6.07) is 9.56. The molecule has 1 unspecified atom stereocenters. The molecule has 0 saturated heterocycles. The number of ether oxygens (including phenoxy) is 2. The minimum absolute atomic E-state index is 0.261. The first-order chi connectivity index (χ1) is 13.5. The summed E-state index contributed by atoms with van der Waals surface area (Å²) in [4.78, 5) is 4.63. The molecule has 7 nitrogen and oxygen atoms in total. The van der Waals surface area contributed by atoms with Crippen molar-refractivity contribution in [2.75, 3.05) is 33.4 Å². The summed E-state index contributed by atoms with van der Waals surface area (Å²) < 4.78 is 16.2. The van der Waals surface area contributed by atoms with E-state index in [4.69, 9.17) is 13.9 Å². The number of guanidine groups is 1. The van der Waals surface area contributed by atoms with Crippen LogP contribution in [0.4, 0.5) is 0 Å². The van der Waals surface area contributed by atoms with E-state index in [9.17, 15) is 5.11 Å². The van der Waals surface area contributed by atoms with Gasteiger partial charge in [0.1, 0.15) is 23.7 Å². The van der Waals surface area contributed by atoms with Gasteiger partial charge in [-0.05, 0) is 44.5 Å². The molecule has 0 radical (unpaired) electrons. The van der Waals surface area contributed by atoms with Gasteiger partial charge < -0.3 is 29.6 Å². The average molecular weight is 389 g/mol. The number of benzene rings is 1. The lowest BCUT2D eigenvalue weighted by Gasteiger charge is -2.22. The minimum Gasteiger partial charge on any atom is -0.491 e. The highest BCUT2D eigenvalue weighted by Crippen LogP contribution is 2.22. The van der Waals surface area contributed by atoms with Gasteiger partial charge in [-0.2, -0.15) is 0 Å². The van der Waals surface area contributed by atoms with Crippen molar-refractivity contribution in [1.82, 2.24) is 10.6 Å². The Balaban J connectivity index is 2.05. The Morgan fingerprint density at radius 3 is 2.75 bits per heavy atom. The molecule has 0 aliphatic carbocycles. The second kappa shape index (κ2) is 10.7. The third-order valence-electron chi connectivity index (χ3n) is 4.17. The molecule has 0 spiro atoms. The largest absolute Gasteiger partial charge is 0.491 e. The van der Waals surface area contributed by atoms with E-state index < -0.39 is 5.60 Å². The standard InChI is InChI=1S/C21H31N3O4/c1-5-22-20(24-15-21(3,25)19-7-6-10-28-19)23-14-17-9-8-16(2)13-18(17)27-12-11-26-4/h6-10,13,25H,5,11-12,14-15H2,1-4H3,(H2,22,23,24). The highest BCUT2D eigenvalue weighted by Gasteiger charge is 2.26. The van der Waals surface area contributed by atoms with Gasteiger partial charge in [-0.1, -0.05) is 12.1 Å². The van der Waals surface area contributed by atoms with Crippen molar-refractivity contribution in [3.05, 3.63) is 53.5 Å². The fourth-order valence-corrected chi connectivity index (χ4v) is 2.60. The molecule has 0 bridgehead atoms. The second-order valence-electron chi connectivity index (χ2n) is 6.75. The third-order valence-corrected chi connectivity index (χ3v) is 4.17. The molecule has 7 heteroatoms. The summed E-state index contributed by atoms with van der Waals surface area (Å²) in [6.07, 6.45) is 1.55. The Hall–Kier alpha value is -2.51. The van der Waals surface area contributed by atoms with E-state index in [1.54, 1.807) is 32.4 Å². The Labute approximate surface area is 166 Å². The number of methoxy groups -OCH3 is 1. The lowest BCUT2D eigenvalue weighted by Crippen LogP contribution is -2.44. The number of rotatable bonds is 10. The van der Waals surface area contributed by atoms with Crippen molar-refractivity contribution in [2.45, 2.75) is 32.9 Å². The smallest absolute Gasteiger partial charge is 0.191 e. The van der Waals surface area contributed by atoms with E-state index in [0.717, 1.165) is 16.9 Å². The minimum atomic E-state index is -1.14. The molecule has 1 atom stereocenters. The van der Waals surface area contributed by atoms with Crippen molar-refractivity contribution >= 4 is 5.96 Å². The van der Waals surface area contributed by atoms with Crippen LogP contribution in [0.5, 0.6) is 5.75 Å². The Morgan fingerprint density at radius 2 is 2.07 bits per heavy atom. The monoisotopic (exact) mass is 389 g/mol. The Morgan fingerprint density at radius 1 is 1.25 bits per heavy atom. The van der Waals surface area contributed by atoms with Crippen LogP contribution < -0.4 is 15.4 Å². The van der Waals surface area contributed by atoms with E-state index in [-0.39, 0.29) is 6.54 Å². The number of hydrogen-bond donors (Lipinski definition) is 3. The molecule has 0 amide bonds. The van der Waals surface area contributed by atoms with Gasteiger partial charge in [0.2, 0.25) is 0 Å². The summed E-state index contributed by atoms with van der Waals surface area (Å²) in [7, 11) is 1.65. The Bertz CT molecular complexity index is 742. The van der Waals surface area contributed by atoms with Gasteiger partial charge in [-0.3, -0.25) is 0 Å². The van der Waals surface area contributed by atoms with Gasteiger partial charge in [0.05, 0.1) is 26.0 Å². The van der Waals surface area contributed by atoms with Crippen LogP contribution in [0.2, 0.25) is 0 Å². The van der Waals surface area contributed by atoms with Gasteiger partial charge in [0, 0.05) is 19.2 Å². The lowest BCUT2D eigenvalue weighted by molar-refractivity contribution is 0.0386. The number of aliphatic hydroxyl groups is 1. The van der Waals surface area contributed by atoms with E-state index in [0.29, 0.717) is 38.0 Å². The van der Waals surface area contributed by atoms with Crippen LogP contribution in [0.15, 0.2) is 46.0 Å². The number of aliphatic imine (C=N–C) groups is 1. The molecule has 2 aromatic rings. The third kappa shape index (κ3) is 6.58. The molecule has 0 saturated carbocycles. The van der Waals surface area contributed by atoms with Crippen LogP contribution in [-0.4, -0.2) is 44.5 Å². The van der Waals surface area contributed by atoms with Crippen molar-refractivity contribution in [3.8, 4) is 5.75 Å². The number of nitrogens with one attached hydrogen (secondary N) is 2. The second-order valence-corrected chi connectivity index (χ2v) is 6.75. The molecule has 0 aliphatic rings. The summed E-state index contributed by atoms with van der Waals surface area (Å²) >= 11 is 0. The summed E-state index contributed by atoms with van der Waals surface area (Å²) in [5.74, 6) is 1.92. The molecular formula is C21H31N3O4. The molecule has 0 fully saturated rings. The normalized spacial score (nSPS) is 13.8. The van der Waals surface area contributed by atoms with Crippen LogP contribution in [0.3, 0.4) is 0 Å². The highest BCUT2D eigenvalue weighted by atomic mass is 16.5. The first-order valence-electron chi connectivity index (χ1n) is 9.46. The molecule has 0 aliphatic heterocycles. The van der Waals surface area contributed by atoms with Crippen molar-refractivity contribution in [3.63, 3.8) is 0 Å². The fourth-order valence-electron chi connectivity index (χ4n) is 2.60. The van der Waals surface area contributed by atoms with Crippen LogP contribution >= 0.6 is 0 Å². The maximum Gasteiger partial charge on any atom is 0.191 e. The quantitative estimate of drug-likeness (QED) is 0.329. The number of nitrogens with zero attached hydrogens (tertiary/aromatic N) is 1. The van der Waals surface area contributed by atoms with Gasteiger partial charge in [-0.25, -0.2) is 4.99 Å². The van der Waals surface area contributed by atoms with E-state index in [1.165, 1.54) is 0 Å². The molecule has 28 heavy (non-hydrogen) atoms. The van der Waals surface area contributed by atoms with E-state index in [2.05, 4.69) is 15.6 Å². The fraction of sp³-hybridized carbons (Fsp3) is 0.476. The number of aryl methyl sites for hydroxylation is 1. The zero-order valence-corrected chi connectivity index (χ0v) is 17.1. The topological polar surface area (TPSA) is 88.3 Å². The summed E-state index contributed by atoms with van der Waals surface area (Å²) in [5.41, 5.74) is 0.967. The zero-order valence-electron chi connectivity index (χ0n) is 17.1. The number of hydrogen-bond acceptors (Lipinski definition) is 5. The molecule has 2 rings (SSSR count). The van der Waals surface area contributed by atoms with Crippen LogP contribution in [0.1, 0.15) is 30.7 Å². The first kappa shape index (κ1) is 21.8. The van der Waals surface area contributed by atoms with Crippen LogP contribution in [-0.2, 0) is 16.9 Å². The molecule has 1 heterocycles.